The van der Waals surface area contributed by atoms with Gasteiger partial charge in [-0.2, -0.15) is 0 Å². The molecule has 1 unspecified atom stereocenters. The number of benzene rings is 3. The van der Waals surface area contributed by atoms with E-state index in [4.69, 9.17) is 16.3 Å². The second-order valence-electron chi connectivity index (χ2n) is 13.1. The third-order valence-corrected chi connectivity index (χ3v) is 9.87. The van der Waals surface area contributed by atoms with Gasteiger partial charge in [-0.1, -0.05) is 122 Å². The fourth-order valence-corrected chi connectivity index (χ4v) is 7.31. The smallest absolute Gasteiger partial charge is 0.248 e. The zero-order valence-corrected chi connectivity index (χ0v) is 26.4. The van der Waals surface area contributed by atoms with Crippen LogP contribution in [0.5, 0.6) is 5.75 Å². The highest BCUT2D eigenvalue weighted by Crippen LogP contribution is 2.55. The Bertz CT molecular complexity index is 1420. The molecule has 0 radical (unpaired) electrons. The summed E-state index contributed by atoms with van der Waals surface area (Å²) in [6.45, 7) is 18.6. The first-order valence-corrected chi connectivity index (χ1v) is 15.2. The van der Waals surface area contributed by atoms with Gasteiger partial charge in [0.1, 0.15) is 5.75 Å². The average Bonchev–Trinajstić information content (AvgIpc) is 2.85. The van der Waals surface area contributed by atoms with Gasteiger partial charge in [0, 0.05) is 10.9 Å². The van der Waals surface area contributed by atoms with Gasteiger partial charge >= 0.3 is 0 Å². The molecule has 6 heteroatoms. The van der Waals surface area contributed by atoms with Crippen LogP contribution in [0, 0.1) is 0 Å². The highest BCUT2D eigenvalue weighted by atomic mass is 35.5. The highest BCUT2D eigenvalue weighted by Gasteiger charge is 2.47. The fraction of sp³-hybridized carbons (Fsp3) is 0.394. The maximum Gasteiger partial charge on any atom is 0.248 e. The predicted molar refractivity (Wildman–Crippen MR) is 163 cm³/mol. The number of ether oxygens (including phenoxy) is 1. The number of halogens is 1. The lowest BCUT2D eigenvalue weighted by Gasteiger charge is -2.34. The Morgan fingerprint density at radius 2 is 1.18 bits per heavy atom. The molecule has 0 amide bonds. The monoisotopic (exact) mass is 566 g/mol. The topological polar surface area (TPSA) is 60.4 Å². The molecule has 0 N–H and O–H groups in total. The molecule has 1 atom stereocenters. The van der Waals surface area contributed by atoms with E-state index in [0.29, 0.717) is 5.56 Å². The van der Waals surface area contributed by atoms with Crippen LogP contribution in [0.2, 0.25) is 5.02 Å². The molecule has 0 aliphatic carbocycles. The molecule has 0 bridgehead atoms. The number of methoxy groups -OCH3 is 1. The number of carbonyl (C=O) groups is 2. The van der Waals surface area contributed by atoms with Crippen molar-refractivity contribution in [2.24, 2.45) is 0 Å². The fourth-order valence-electron chi connectivity index (χ4n) is 4.65. The summed E-state index contributed by atoms with van der Waals surface area (Å²) >= 11 is 6.49. The van der Waals surface area contributed by atoms with Crippen molar-refractivity contribution in [3.8, 4) is 5.75 Å². The first-order chi connectivity index (χ1) is 17.8. The van der Waals surface area contributed by atoms with Crippen molar-refractivity contribution < 1.29 is 18.9 Å². The Kier molecular flexibility index (Phi) is 8.47. The molecule has 3 aromatic carbocycles. The summed E-state index contributed by atoms with van der Waals surface area (Å²) in [5, 5.41) is 0.250. The molecule has 0 heterocycles. The van der Waals surface area contributed by atoms with E-state index in [0.717, 1.165) is 16.7 Å². The minimum Gasteiger partial charge on any atom is -0.496 e. The van der Waals surface area contributed by atoms with E-state index >= 15 is 4.57 Å². The standard InChI is InChI=1S/C33H40ClO4P/c1-31(2,3)21-19-23(32(4,5)6)27(24(20-21)33(7,8)9)29(35)39(37,22-15-12-11-13-16-22)30(36)28-25(34)17-14-18-26(28)38-10/h11-20H,1-10H3. The Hall–Kier alpha value is -2.68. The maximum absolute atomic E-state index is 15.3. The summed E-state index contributed by atoms with van der Waals surface area (Å²) in [6.07, 6.45) is 0. The summed E-state index contributed by atoms with van der Waals surface area (Å²) in [5.41, 5.74) is 0.236. The van der Waals surface area contributed by atoms with E-state index in [1.807, 2.05) is 53.7 Å². The van der Waals surface area contributed by atoms with Gasteiger partial charge in [0.2, 0.25) is 18.2 Å². The Labute approximate surface area is 238 Å². The maximum atomic E-state index is 15.3. The average molecular weight is 567 g/mol. The third kappa shape index (κ3) is 5.93. The SMILES string of the molecule is COc1cccc(Cl)c1C(=O)P(=O)(C(=O)c1c(C(C)(C)C)cc(C(C)(C)C)cc1C(C)(C)C)c1ccccc1. The van der Waals surface area contributed by atoms with Crippen LogP contribution >= 0.6 is 18.7 Å². The van der Waals surface area contributed by atoms with Crippen molar-refractivity contribution in [3.05, 3.63) is 93.5 Å². The van der Waals surface area contributed by atoms with E-state index in [1.165, 1.54) is 13.2 Å². The van der Waals surface area contributed by atoms with Crippen LogP contribution in [0.1, 0.15) is 99.7 Å². The summed E-state index contributed by atoms with van der Waals surface area (Å²) in [7, 11) is -3.04. The Morgan fingerprint density at radius 3 is 1.62 bits per heavy atom. The number of hydrogen-bond acceptors (Lipinski definition) is 4. The number of hydrogen-bond donors (Lipinski definition) is 0. The first-order valence-electron chi connectivity index (χ1n) is 13.1. The van der Waals surface area contributed by atoms with Gasteiger partial charge in [0.15, 0.2) is 0 Å². The van der Waals surface area contributed by atoms with Crippen LogP contribution in [-0.2, 0) is 20.8 Å². The van der Waals surface area contributed by atoms with Gasteiger partial charge in [-0.3, -0.25) is 9.59 Å². The van der Waals surface area contributed by atoms with Crippen molar-refractivity contribution in [1.82, 2.24) is 0 Å². The molecule has 4 nitrogen and oxygen atoms in total. The van der Waals surface area contributed by atoms with Crippen molar-refractivity contribution in [2.45, 2.75) is 78.6 Å². The summed E-state index contributed by atoms with van der Waals surface area (Å²) in [4.78, 5) is 29.3. The van der Waals surface area contributed by atoms with Crippen molar-refractivity contribution in [2.75, 3.05) is 7.11 Å². The van der Waals surface area contributed by atoms with E-state index < -0.39 is 29.0 Å². The summed E-state index contributed by atoms with van der Waals surface area (Å²) in [5.74, 6) is 0.173. The Balaban J connectivity index is 2.51. The van der Waals surface area contributed by atoms with Gasteiger partial charge in [-0.05, 0) is 45.1 Å². The largest absolute Gasteiger partial charge is 0.496 e. The molecule has 3 rings (SSSR count). The molecule has 0 saturated carbocycles. The van der Waals surface area contributed by atoms with E-state index in [-0.39, 0.29) is 27.1 Å². The van der Waals surface area contributed by atoms with Crippen LogP contribution < -0.4 is 10.0 Å². The molecular weight excluding hydrogens is 527 g/mol. The summed E-state index contributed by atoms with van der Waals surface area (Å²) in [6, 6.07) is 17.1. The van der Waals surface area contributed by atoms with Crippen molar-refractivity contribution in [1.29, 1.82) is 0 Å². The molecule has 208 valence electrons. The third-order valence-electron chi connectivity index (χ3n) is 6.94. The van der Waals surface area contributed by atoms with Gasteiger partial charge in [0.25, 0.3) is 0 Å². The van der Waals surface area contributed by atoms with Crippen LogP contribution in [0.25, 0.3) is 0 Å². The lowest BCUT2D eigenvalue weighted by Crippen LogP contribution is -2.29. The van der Waals surface area contributed by atoms with Gasteiger partial charge < -0.3 is 9.30 Å². The second kappa shape index (κ2) is 10.7. The molecular formula is C33H40ClO4P. The second-order valence-corrected chi connectivity index (χ2v) is 16.0. The van der Waals surface area contributed by atoms with Crippen LogP contribution in [0.3, 0.4) is 0 Å². The zero-order chi connectivity index (χ0) is 29.6. The quantitative estimate of drug-likeness (QED) is 0.279. The number of rotatable bonds is 6. The van der Waals surface area contributed by atoms with Crippen LogP contribution in [0.4, 0.5) is 0 Å². The van der Waals surface area contributed by atoms with Gasteiger partial charge in [-0.25, -0.2) is 0 Å². The van der Waals surface area contributed by atoms with Crippen LogP contribution in [-0.4, -0.2) is 18.2 Å². The minimum atomic E-state index is -4.46. The lowest BCUT2D eigenvalue weighted by molar-refractivity contribution is 0.103. The van der Waals surface area contributed by atoms with Gasteiger partial charge in [0.05, 0.1) is 17.7 Å². The van der Waals surface area contributed by atoms with Crippen molar-refractivity contribution in [3.63, 3.8) is 0 Å². The lowest BCUT2D eigenvalue weighted by atomic mass is 9.72. The molecule has 0 aliphatic rings. The molecule has 3 aromatic rings. The predicted octanol–water partition coefficient (Wildman–Crippen LogP) is 8.91. The molecule has 0 aromatic heterocycles. The minimum absolute atomic E-state index is 0.0527. The molecule has 0 spiro atoms. The van der Waals surface area contributed by atoms with E-state index in [9.17, 15) is 9.59 Å². The zero-order valence-electron chi connectivity index (χ0n) is 24.7. The molecule has 0 saturated heterocycles. The Morgan fingerprint density at radius 1 is 0.692 bits per heavy atom. The van der Waals surface area contributed by atoms with E-state index in [1.54, 1.807) is 42.5 Å². The normalized spacial score (nSPS) is 14.0. The van der Waals surface area contributed by atoms with E-state index in [2.05, 4.69) is 20.8 Å². The summed E-state index contributed by atoms with van der Waals surface area (Å²) < 4.78 is 20.7. The molecule has 0 aliphatic heterocycles. The van der Waals surface area contributed by atoms with Crippen LogP contribution in [0.15, 0.2) is 60.7 Å². The van der Waals surface area contributed by atoms with Gasteiger partial charge in [-0.15, -0.1) is 0 Å². The first kappa shape index (κ1) is 30.9. The molecule has 0 fully saturated rings. The number of carbonyl (C=O) groups excluding carboxylic acids is 2. The molecule has 39 heavy (non-hydrogen) atoms. The highest BCUT2D eigenvalue weighted by molar-refractivity contribution is 8.01. The van der Waals surface area contributed by atoms with Crippen molar-refractivity contribution >= 4 is 35.1 Å².